The normalized spacial score (nSPS) is 13.2. The minimum absolute atomic E-state index is 0.0828. The van der Waals surface area contributed by atoms with Crippen molar-refractivity contribution in [1.29, 1.82) is 0 Å². The van der Waals surface area contributed by atoms with Crippen LogP contribution in [0.3, 0.4) is 0 Å². The summed E-state index contributed by atoms with van der Waals surface area (Å²) in [5.41, 5.74) is 6.42. The standard InChI is InChI=1S/C37H34N6O3/c1-46-35-19-17-32(39-41-35)18-20-36(44)43(25-28-13-15-30(16-14-28)33-12-7-22-38-40-33)34(24-27-8-3-2-4-9-27)37(45)42-23-21-29-10-5-6-11-31(29)26-42/h2-20,22,34H,21,23-26H2,1H3/t34-/m0/s1. The van der Waals surface area contributed by atoms with Crippen LogP contribution in [0.4, 0.5) is 0 Å². The van der Waals surface area contributed by atoms with Gasteiger partial charge in [-0.25, -0.2) is 0 Å². The Morgan fingerprint density at radius 1 is 0.848 bits per heavy atom. The van der Waals surface area contributed by atoms with Crippen LogP contribution in [0.2, 0.25) is 0 Å². The molecule has 2 amide bonds. The average molecular weight is 611 g/mol. The molecule has 6 rings (SSSR count). The summed E-state index contributed by atoms with van der Waals surface area (Å²) in [5, 5.41) is 16.3. The molecule has 1 atom stereocenters. The second kappa shape index (κ2) is 14.4. The summed E-state index contributed by atoms with van der Waals surface area (Å²) < 4.78 is 5.11. The number of carbonyl (C=O) groups is 2. The number of hydrogen-bond donors (Lipinski definition) is 0. The summed E-state index contributed by atoms with van der Waals surface area (Å²) in [6.45, 7) is 1.32. The lowest BCUT2D eigenvalue weighted by Crippen LogP contribution is -2.52. The molecule has 0 saturated carbocycles. The summed E-state index contributed by atoms with van der Waals surface area (Å²) >= 11 is 0. The van der Waals surface area contributed by atoms with Gasteiger partial charge in [0.15, 0.2) is 0 Å². The first kappa shape index (κ1) is 30.3. The Bertz CT molecular complexity index is 1800. The molecule has 9 nitrogen and oxygen atoms in total. The lowest BCUT2D eigenvalue weighted by Gasteiger charge is -2.37. The third kappa shape index (κ3) is 7.32. The van der Waals surface area contributed by atoms with Crippen molar-refractivity contribution in [1.82, 2.24) is 30.2 Å². The Morgan fingerprint density at radius 3 is 2.35 bits per heavy atom. The third-order valence-electron chi connectivity index (χ3n) is 8.10. The van der Waals surface area contributed by atoms with E-state index in [1.165, 1.54) is 18.7 Å². The molecule has 3 heterocycles. The number of benzene rings is 3. The lowest BCUT2D eigenvalue weighted by atomic mass is 9.97. The molecule has 1 aliphatic heterocycles. The second-order valence-electron chi connectivity index (χ2n) is 11.1. The molecule has 0 radical (unpaired) electrons. The summed E-state index contributed by atoms with van der Waals surface area (Å²) in [5.74, 6) is -0.00509. The number of methoxy groups -OCH3 is 1. The zero-order valence-corrected chi connectivity index (χ0v) is 25.6. The van der Waals surface area contributed by atoms with Crippen LogP contribution in [0.15, 0.2) is 115 Å². The van der Waals surface area contributed by atoms with Gasteiger partial charge in [0.2, 0.25) is 17.7 Å². The maximum absolute atomic E-state index is 14.5. The van der Waals surface area contributed by atoms with Gasteiger partial charge in [-0.1, -0.05) is 78.9 Å². The molecule has 0 bridgehead atoms. The van der Waals surface area contributed by atoms with Gasteiger partial charge in [-0.3, -0.25) is 9.59 Å². The summed E-state index contributed by atoms with van der Waals surface area (Å²) in [7, 11) is 1.52. The van der Waals surface area contributed by atoms with E-state index in [4.69, 9.17) is 4.74 Å². The molecule has 230 valence electrons. The molecule has 0 N–H and O–H groups in total. The van der Waals surface area contributed by atoms with E-state index in [9.17, 15) is 9.59 Å². The van der Waals surface area contributed by atoms with E-state index in [-0.39, 0.29) is 18.4 Å². The van der Waals surface area contributed by atoms with Gasteiger partial charge in [-0.15, -0.1) is 10.2 Å². The van der Waals surface area contributed by atoms with Crippen molar-refractivity contribution in [3.8, 4) is 17.1 Å². The minimum atomic E-state index is -0.744. The van der Waals surface area contributed by atoms with Crippen molar-refractivity contribution in [3.63, 3.8) is 0 Å². The molecule has 46 heavy (non-hydrogen) atoms. The van der Waals surface area contributed by atoms with Gasteiger partial charge in [0.1, 0.15) is 6.04 Å². The van der Waals surface area contributed by atoms with Crippen LogP contribution in [-0.2, 0) is 35.5 Å². The minimum Gasteiger partial charge on any atom is -0.480 e. The molecular formula is C37H34N6O3. The van der Waals surface area contributed by atoms with Gasteiger partial charge in [-0.2, -0.15) is 10.2 Å². The van der Waals surface area contributed by atoms with Gasteiger partial charge in [-0.05, 0) is 52.9 Å². The predicted octanol–water partition coefficient (Wildman–Crippen LogP) is 5.18. The van der Waals surface area contributed by atoms with E-state index in [0.29, 0.717) is 31.1 Å². The van der Waals surface area contributed by atoms with Gasteiger partial charge in [0.25, 0.3) is 0 Å². The number of fused-ring (bicyclic) bond motifs is 1. The van der Waals surface area contributed by atoms with Crippen LogP contribution < -0.4 is 4.74 Å². The van der Waals surface area contributed by atoms with Crippen molar-refractivity contribution in [2.75, 3.05) is 13.7 Å². The van der Waals surface area contributed by atoms with Crippen LogP contribution in [-0.4, -0.2) is 61.7 Å². The largest absolute Gasteiger partial charge is 0.480 e. The number of amides is 2. The molecule has 9 heteroatoms. The molecular weight excluding hydrogens is 576 g/mol. The van der Waals surface area contributed by atoms with Gasteiger partial charge >= 0.3 is 0 Å². The SMILES string of the molecule is COc1ccc(C=CC(=O)N(Cc2ccc(-c3cccnn3)cc2)[C@@H](Cc2ccccc2)C(=O)N2CCc3ccccc3C2)nn1. The number of carbonyl (C=O) groups excluding carboxylic acids is 2. The van der Waals surface area contributed by atoms with E-state index < -0.39 is 6.04 Å². The van der Waals surface area contributed by atoms with Gasteiger partial charge < -0.3 is 14.5 Å². The van der Waals surface area contributed by atoms with E-state index in [0.717, 1.165) is 34.4 Å². The lowest BCUT2D eigenvalue weighted by molar-refractivity contribution is -0.144. The van der Waals surface area contributed by atoms with Crippen LogP contribution in [0.5, 0.6) is 5.88 Å². The number of rotatable bonds is 10. The average Bonchev–Trinajstić information content (AvgIpc) is 3.13. The van der Waals surface area contributed by atoms with Crippen molar-refractivity contribution >= 4 is 17.9 Å². The molecule has 1 aliphatic rings. The van der Waals surface area contributed by atoms with Gasteiger partial charge in [0.05, 0.1) is 18.5 Å². The number of aromatic nitrogens is 4. The zero-order valence-electron chi connectivity index (χ0n) is 25.6. The summed E-state index contributed by atoms with van der Waals surface area (Å²) in [6, 6.07) is 32.3. The smallest absolute Gasteiger partial charge is 0.247 e. The highest BCUT2D eigenvalue weighted by Gasteiger charge is 2.34. The van der Waals surface area contributed by atoms with Gasteiger partial charge in [0, 0.05) is 50.0 Å². The highest BCUT2D eigenvalue weighted by molar-refractivity contribution is 5.95. The molecule has 0 fully saturated rings. The first-order valence-electron chi connectivity index (χ1n) is 15.2. The van der Waals surface area contributed by atoms with E-state index in [1.54, 1.807) is 29.3 Å². The molecule has 2 aromatic heterocycles. The van der Waals surface area contributed by atoms with E-state index in [2.05, 4.69) is 32.5 Å². The Morgan fingerprint density at radius 2 is 1.63 bits per heavy atom. The quantitative estimate of drug-likeness (QED) is 0.201. The van der Waals surface area contributed by atoms with Crippen molar-refractivity contribution in [3.05, 3.63) is 143 Å². The summed E-state index contributed by atoms with van der Waals surface area (Å²) in [6.07, 6.45) is 5.85. The molecule has 0 spiro atoms. The highest BCUT2D eigenvalue weighted by atomic mass is 16.5. The first-order valence-corrected chi connectivity index (χ1v) is 15.2. The third-order valence-corrected chi connectivity index (χ3v) is 8.10. The fraction of sp³-hybridized carbons (Fsp3) is 0.189. The van der Waals surface area contributed by atoms with Crippen LogP contribution in [0.25, 0.3) is 17.3 Å². The highest BCUT2D eigenvalue weighted by Crippen LogP contribution is 2.24. The molecule has 0 saturated heterocycles. The molecule has 0 aliphatic carbocycles. The molecule has 5 aromatic rings. The number of ether oxygens (including phenoxy) is 1. The number of hydrogen-bond acceptors (Lipinski definition) is 7. The summed E-state index contributed by atoms with van der Waals surface area (Å²) in [4.78, 5) is 32.2. The Balaban J connectivity index is 1.34. The van der Waals surface area contributed by atoms with Crippen LogP contribution in [0.1, 0.15) is 27.9 Å². The Kier molecular flexibility index (Phi) is 9.49. The Hall–Kier alpha value is -5.70. The molecule has 0 unspecified atom stereocenters. The molecule has 3 aromatic carbocycles. The first-order chi connectivity index (χ1) is 22.6. The topological polar surface area (TPSA) is 101 Å². The number of nitrogens with zero attached hydrogens (tertiary/aromatic N) is 6. The maximum atomic E-state index is 14.5. The zero-order chi connectivity index (χ0) is 31.7. The van der Waals surface area contributed by atoms with E-state index in [1.807, 2.05) is 83.8 Å². The second-order valence-corrected chi connectivity index (χ2v) is 11.1. The van der Waals surface area contributed by atoms with Crippen molar-refractivity contribution in [2.24, 2.45) is 0 Å². The van der Waals surface area contributed by atoms with Crippen LogP contribution in [0, 0.1) is 0 Å². The predicted molar refractivity (Wildman–Crippen MR) is 175 cm³/mol. The Labute approximate surface area is 268 Å². The fourth-order valence-corrected chi connectivity index (χ4v) is 5.62. The van der Waals surface area contributed by atoms with E-state index >= 15 is 0 Å². The fourth-order valence-electron chi connectivity index (χ4n) is 5.62. The van der Waals surface area contributed by atoms with Crippen molar-refractivity contribution < 1.29 is 14.3 Å². The monoisotopic (exact) mass is 610 g/mol. The maximum Gasteiger partial charge on any atom is 0.247 e. The van der Waals surface area contributed by atoms with Crippen molar-refractivity contribution in [2.45, 2.75) is 32.0 Å². The van der Waals surface area contributed by atoms with Crippen LogP contribution >= 0.6 is 0 Å².